The second kappa shape index (κ2) is 3.02. The van der Waals surface area contributed by atoms with Crippen molar-refractivity contribution in [2.45, 2.75) is 6.92 Å². The molecule has 0 radical (unpaired) electrons. The number of aromatic amines is 1. The number of nitrogens with one attached hydrogen (secondary N) is 1. The summed E-state index contributed by atoms with van der Waals surface area (Å²) in [5.74, 6) is 0.905. The number of para-hydroxylation sites is 1. The molecular formula is C13H11NO. The van der Waals surface area contributed by atoms with Gasteiger partial charge in [-0.3, -0.25) is 0 Å². The van der Waals surface area contributed by atoms with E-state index in [4.69, 9.17) is 4.42 Å². The van der Waals surface area contributed by atoms with E-state index in [-0.39, 0.29) is 0 Å². The normalized spacial score (nSPS) is 11.0. The lowest BCUT2D eigenvalue weighted by Gasteiger charge is -1.99. The van der Waals surface area contributed by atoms with Crippen molar-refractivity contribution in [1.29, 1.82) is 0 Å². The van der Waals surface area contributed by atoms with Gasteiger partial charge in [0.05, 0.1) is 11.8 Å². The molecule has 0 fully saturated rings. The van der Waals surface area contributed by atoms with Crippen LogP contribution in [0.1, 0.15) is 5.56 Å². The molecule has 2 nitrogen and oxygen atoms in total. The van der Waals surface area contributed by atoms with Gasteiger partial charge in [-0.25, -0.2) is 0 Å². The number of rotatable bonds is 1. The second-order valence-corrected chi connectivity index (χ2v) is 3.68. The molecule has 2 heterocycles. The van der Waals surface area contributed by atoms with Gasteiger partial charge in [0, 0.05) is 17.1 Å². The molecule has 2 heteroatoms. The van der Waals surface area contributed by atoms with Crippen LogP contribution in [0.3, 0.4) is 0 Å². The summed E-state index contributed by atoms with van der Waals surface area (Å²) < 4.78 is 5.42. The third-order valence-electron chi connectivity index (χ3n) is 2.71. The molecule has 0 unspecified atom stereocenters. The Morgan fingerprint density at radius 1 is 1.13 bits per heavy atom. The van der Waals surface area contributed by atoms with Crippen molar-refractivity contribution >= 4 is 10.9 Å². The van der Waals surface area contributed by atoms with Crippen molar-refractivity contribution in [2.75, 3.05) is 0 Å². The Morgan fingerprint density at radius 3 is 2.87 bits per heavy atom. The molecule has 0 saturated heterocycles. The maximum atomic E-state index is 5.42. The number of benzene rings is 1. The van der Waals surface area contributed by atoms with Gasteiger partial charge < -0.3 is 9.40 Å². The number of fused-ring (bicyclic) bond motifs is 1. The maximum absolute atomic E-state index is 5.42. The molecule has 1 aromatic carbocycles. The van der Waals surface area contributed by atoms with Crippen LogP contribution in [0.4, 0.5) is 0 Å². The monoisotopic (exact) mass is 197 g/mol. The maximum Gasteiger partial charge on any atom is 0.135 e. The highest BCUT2D eigenvalue weighted by atomic mass is 16.3. The Kier molecular flexibility index (Phi) is 1.68. The number of hydrogen-bond acceptors (Lipinski definition) is 1. The van der Waals surface area contributed by atoms with Gasteiger partial charge in [-0.05, 0) is 30.7 Å². The molecule has 0 spiro atoms. The van der Waals surface area contributed by atoms with Crippen LogP contribution in [0, 0.1) is 6.92 Å². The van der Waals surface area contributed by atoms with Crippen LogP contribution in [0.15, 0.2) is 47.2 Å². The molecule has 1 N–H and O–H groups in total. The minimum absolute atomic E-state index is 0.905. The lowest BCUT2D eigenvalue weighted by molar-refractivity contribution is 0.583. The first-order valence-corrected chi connectivity index (χ1v) is 4.97. The van der Waals surface area contributed by atoms with Crippen LogP contribution in [-0.4, -0.2) is 4.98 Å². The SMILES string of the molecule is Cc1c[nH]c2c(-c3ccco3)cccc12. The Morgan fingerprint density at radius 2 is 2.07 bits per heavy atom. The van der Waals surface area contributed by atoms with Gasteiger partial charge in [0.2, 0.25) is 0 Å². The fraction of sp³-hybridized carbons (Fsp3) is 0.0769. The van der Waals surface area contributed by atoms with Gasteiger partial charge in [0.25, 0.3) is 0 Å². The smallest absolute Gasteiger partial charge is 0.135 e. The highest BCUT2D eigenvalue weighted by Crippen LogP contribution is 2.29. The molecule has 3 aromatic rings. The van der Waals surface area contributed by atoms with Gasteiger partial charge in [-0.15, -0.1) is 0 Å². The molecule has 0 aliphatic rings. The zero-order chi connectivity index (χ0) is 10.3. The largest absolute Gasteiger partial charge is 0.464 e. The third-order valence-corrected chi connectivity index (χ3v) is 2.71. The standard InChI is InChI=1S/C13H11NO/c1-9-8-14-13-10(9)4-2-5-11(13)12-6-3-7-15-12/h2-8,14H,1H3. The highest BCUT2D eigenvalue weighted by molar-refractivity contribution is 5.94. The van der Waals surface area contributed by atoms with Crippen LogP contribution in [0.25, 0.3) is 22.2 Å². The first kappa shape index (κ1) is 8.36. The zero-order valence-corrected chi connectivity index (χ0v) is 8.45. The molecule has 3 rings (SSSR count). The summed E-state index contributed by atoms with van der Waals surface area (Å²) in [7, 11) is 0. The fourth-order valence-electron chi connectivity index (χ4n) is 1.93. The van der Waals surface area contributed by atoms with Crippen LogP contribution in [-0.2, 0) is 0 Å². The van der Waals surface area contributed by atoms with E-state index in [0.717, 1.165) is 16.8 Å². The van der Waals surface area contributed by atoms with Crippen molar-refractivity contribution in [2.24, 2.45) is 0 Å². The van der Waals surface area contributed by atoms with Gasteiger partial charge in [0.15, 0.2) is 0 Å². The molecule has 0 atom stereocenters. The molecule has 2 aromatic heterocycles. The summed E-state index contributed by atoms with van der Waals surface area (Å²) in [6.45, 7) is 2.10. The van der Waals surface area contributed by atoms with Crippen LogP contribution < -0.4 is 0 Å². The van der Waals surface area contributed by atoms with Crippen LogP contribution in [0.5, 0.6) is 0 Å². The van der Waals surface area contributed by atoms with E-state index in [2.05, 4.69) is 30.1 Å². The van der Waals surface area contributed by atoms with E-state index < -0.39 is 0 Å². The minimum atomic E-state index is 0.905. The predicted octanol–water partition coefficient (Wildman–Crippen LogP) is 3.74. The third kappa shape index (κ3) is 1.18. The molecule has 74 valence electrons. The molecule has 15 heavy (non-hydrogen) atoms. The van der Waals surface area contributed by atoms with E-state index in [0.29, 0.717) is 0 Å². The first-order valence-electron chi connectivity index (χ1n) is 4.97. The average molecular weight is 197 g/mol. The highest BCUT2D eigenvalue weighted by Gasteiger charge is 2.07. The van der Waals surface area contributed by atoms with Crippen molar-refractivity contribution in [1.82, 2.24) is 4.98 Å². The zero-order valence-electron chi connectivity index (χ0n) is 8.45. The van der Waals surface area contributed by atoms with Crippen molar-refractivity contribution in [3.05, 3.63) is 48.4 Å². The molecule has 0 aliphatic heterocycles. The Hall–Kier alpha value is -1.96. The Bertz CT molecular complexity index is 590. The molecule has 0 saturated carbocycles. The molecule has 0 amide bonds. The quantitative estimate of drug-likeness (QED) is 0.632. The molecule has 0 aliphatic carbocycles. The van der Waals surface area contributed by atoms with E-state index in [9.17, 15) is 0 Å². The summed E-state index contributed by atoms with van der Waals surface area (Å²) in [5, 5.41) is 1.25. The summed E-state index contributed by atoms with van der Waals surface area (Å²) in [6, 6.07) is 10.1. The van der Waals surface area contributed by atoms with E-state index in [1.54, 1.807) is 6.26 Å². The Labute approximate surface area is 87.5 Å². The lowest BCUT2D eigenvalue weighted by atomic mass is 10.1. The number of aryl methyl sites for hydroxylation is 1. The summed E-state index contributed by atoms with van der Waals surface area (Å²) in [4.78, 5) is 3.28. The van der Waals surface area contributed by atoms with E-state index in [1.165, 1.54) is 10.9 Å². The summed E-state index contributed by atoms with van der Waals surface area (Å²) >= 11 is 0. The van der Waals surface area contributed by atoms with E-state index >= 15 is 0 Å². The van der Waals surface area contributed by atoms with Gasteiger partial charge in [0.1, 0.15) is 5.76 Å². The van der Waals surface area contributed by atoms with Crippen LogP contribution >= 0.6 is 0 Å². The number of H-pyrrole nitrogens is 1. The average Bonchev–Trinajstić information content (AvgIpc) is 2.88. The van der Waals surface area contributed by atoms with E-state index in [1.807, 2.05) is 18.3 Å². The van der Waals surface area contributed by atoms with Gasteiger partial charge >= 0.3 is 0 Å². The van der Waals surface area contributed by atoms with Crippen molar-refractivity contribution in [3.8, 4) is 11.3 Å². The number of aromatic nitrogens is 1. The Balaban J connectivity index is 2.36. The first-order chi connectivity index (χ1) is 7.36. The lowest BCUT2D eigenvalue weighted by Crippen LogP contribution is -1.77. The molecule has 0 bridgehead atoms. The summed E-state index contributed by atoms with van der Waals surface area (Å²) in [5.41, 5.74) is 3.52. The predicted molar refractivity (Wildman–Crippen MR) is 60.7 cm³/mol. The fourth-order valence-corrected chi connectivity index (χ4v) is 1.93. The van der Waals surface area contributed by atoms with Crippen LogP contribution in [0.2, 0.25) is 0 Å². The van der Waals surface area contributed by atoms with Crippen molar-refractivity contribution < 1.29 is 4.42 Å². The summed E-state index contributed by atoms with van der Waals surface area (Å²) in [6.07, 6.45) is 3.72. The minimum Gasteiger partial charge on any atom is -0.464 e. The van der Waals surface area contributed by atoms with Gasteiger partial charge in [-0.2, -0.15) is 0 Å². The number of hydrogen-bond donors (Lipinski definition) is 1. The second-order valence-electron chi connectivity index (χ2n) is 3.68. The topological polar surface area (TPSA) is 28.9 Å². The van der Waals surface area contributed by atoms with Crippen molar-refractivity contribution in [3.63, 3.8) is 0 Å². The molecular weight excluding hydrogens is 186 g/mol. The number of furan rings is 1. The van der Waals surface area contributed by atoms with Gasteiger partial charge in [-0.1, -0.05) is 12.1 Å².